The van der Waals surface area contributed by atoms with Gasteiger partial charge in [0.15, 0.2) is 11.5 Å². The van der Waals surface area contributed by atoms with Crippen molar-refractivity contribution in [3.05, 3.63) is 58.6 Å². The largest absolute Gasteiger partial charge is 0.486 e. The highest BCUT2D eigenvalue weighted by Crippen LogP contribution is 2.30. The molecule has 0 bridgehead atoms. The van der Waals surface area contributed by atoms with Gasteiger partial charge in [0.1, 0.15) is 13.2 Å². The average molecular weight is 331 g/mol. The zero-order valence-electron chi connectivity index (χ0n) is 12.5. The molecule has 1 amide bonds. The van der Waals surface area contributed by atoms with E-state index in [2.05, 4.69) is 10.5 Å². The summed E-state index contributed by atoms with van der Waals surface area (Å²) in [6, 6.07) is 12.4. The fraction of sp³-hybridized carbons (Fsp3) is 0.176. The Balaban J connectivity index is 1.75. The Morgan fingerprint density at radius 2 is 1.87 bits per heavy atom. The summed E-state index contributed by atoms with van der Waals surface area (Å²) in [5.74, 6) is 1.04. The van der Waals surface area contributed by atoms with E-state index in [1.54, 1.807) is 31.2 Å². The summed E-state index contributed by atoms with van der Waals surface area (Å²) in [5, 5.41) is 4.51. The Hall–Kier alpha value is -2.53. The minimum atomic E-state index is -0.354. The molecule has 5 nitrogen and oxygen atoms in total. The van der Waals surface area contributed by atoms with Crippen LogP contribution in [0.3, 0.4) is 0 Å². The molecular formula is C17H15ClN2O3. The van der Waals surface area contributed by atoms with E-state index in [1.165, 1.54) is 0 Å². The van der Waals surface area contributed by atoms with Gasteiger partial charge in [-0.05, 0) is 37.3 Å². The molecule has 0 spiro atoms. The maximum Gasteiger partial charge on any atom is 0.272 e. The summed E-state index contributed by atoms with van der Waals surface area (Å²) in [4.78, 5) is 12.1. The third-order valence-corrected chi connectivity index (χ3v) is 3.73. The van der Waals surface area contributed by atoms with Crippen LogP contribution < -0.4 is 14.9 Å². The van der Waals surface area contributed by atoms with Crippen molar-refractivity contribution >= 4 is 23.2 Å². The number of benzene rings is 2. The first-order valence-electron chi connectivity index (χ1n) is 7.14. The summed E-state index contributed by atoms with van der Waals surface area (Å²) in [7, 11) is 0. The first kappa shape index (κ1) is 15.4. The zero-order chi connectivity index (χ0) is 16.2. The lowest BCUT2D eigenvalue weighted by Gasteiger charge is -2.18. The third-order valence-electron chi connectivity index (χ3n) is 3.40. The number of rotatable bonds is 3. The van der Waals surface area contributed by atoms with Crippen LogP contribution in [0.15, 0.2) is 47.6 Å². The molecule has 1 aliphatic rings. The van der Waals surface area contributed by atoms with E-state index in [4.69, 9.17) is 21.1 Å². The van der Waals surface area contributed by atoms with E-state index in [9.17, 15) is 4.79 Å². The van der Waals surface area contributed by atoms with E-state index in [1.807, 2.05) is 18.2 Å². The van der Waals surface area contributed by atoms with Crippen LogP contribution in [0.1, 0.15) is 22.8 Å². The molecule has 0 radical (unpaired) electrons. The second-order valence-electron chi connectivity index (χ2n) is 4.98. The number of amides is 1. The number of carbonyl (C=O) groups is 1. The van der Waals surface area contributed by atoms with E-state index in [-0.39, 0.29) is 5.91 Å². The van der Waals surface area contributed by atoms with Gasteiger partial charge < -0.3 is 9.47 Å². The molecule has 0 unspecified atom stereocenters. The lowest BCUT2D eigenvalue weighted by atomic mass is 10.1. The monoisotopic (exact) mass is 330 g/mol. The number of ether oxygens (including phenoxy) is 2. The summed E-state index contributed by atoms with van der Waals surface area (Å²) in [6.07, 6.45) is 0. The van der Waals surface area contributed by atoms with Gasteiger partial charge in [0.25, 0.3) is 5.91 Å². The van der Waals surface area contributed by atoms with E-state index in [0.29, 0.717) is 41.0 Å². The van der Waals surface area contributed by atoms with Crippen LogP contribution in [0.4, 0.5) is 0 Å². The van der Waals surface area contributed by atoms with Crippen molar-refractivity contribution in [2.75, 3.05) is 13.2 Å². The minimum absolute atomic E-state index is 0.354. The molecule has 0 aliphatic carbocycles. The van der Waals surface area contributed by atoms with Gasteiger partial charge in [-0.25, -0.2) is 5.43 Å². The quantitative estimate of drug-likeness (QED) is 0.694. The van der Waals surface area contributed by atoms with Gasteiger partial charge in [-0.3, -0.25) is 4.79 Å². The normalized spacial score (nSPS) is 13.6. The van der Waals surface area contributed by atoms with Gasteiger partial charge in [-0.2, -0.15) is 5.10 Å². The van der Waals surface area contributed by atoms with Crippen molar-refractivity contribution < 1.29 is 14.3 Å². The van der Waals surface area contributed by atoms with Crippen LogP contribution in [0, 0.1) is 0 Å². The molecule has 23 heavy (non-hydrogen) atoms. The number of fused-ring (bicyclic) bond motifs is 1. The molecule has 0 saturated heterocycles. The summed E-state index contributed by atoms with van der Waals surface area (Å²) in [5.41, 5.74) is 4.39. The number of carbonyl (C=O) groups excluding carboxylic acids is 1. The Labute approximate surface area is 138 Å². The van der Waals surface area contributed by atoms with Crippen molar-refractivity contribution in [1.29, 1.82) is 0 Å². The van der Waals surface area contributed by atoms with Crippen LogP contribution in [0.25, 0.3) is 0 Å². The zero-order valence-corrected chi connectivity index (χ0v) is 13.3. The fourth-order valence-electron chi connectivity index (χ4n) is 2.17. The van der Waals surface area contributed by atoms with E-state index < -0.39 is 0 Å². The van der Waals surface area contributed by atoms with Gasteiger partial charge in [0, 0.05) is 5.56 Å². The first-order chi connectivity index (χ1) is 11.1. The van der Waals surface area contributed by atoms with Crippen LogP contribution in [0.5, 0.6) is 11.5 Å². The smallest absolute Gasteiger partial charge is 0.272 e. The molecule has 1 aliphatic heterocycles. The maximum absolute atomic E-state index is 12.1. The highest BCUT2D eigenvalue weighted by molar-refractivity contribution is 6.33. The van der Waals surface area contributed by atoms with Gasteiger partial charge in [-0.15, -0.1) is 0 Å². The Morgan fingerprint density at radius 3 is 2.65 bits per heavy atom. The molecular weight excluding hydrogens is 316 g/mol. The van der Waals surface area contributed by atoms with Crippen LogP contribution in [-0.4, -0.2) is 24.8 Å². The predicted molar refractivity (Wildman–Crippen MR) is 88.6 cm³/mol. The summed E-state index contributed by atoms with van der Waals surface area (Å²) >= 11 is 5.99. The molecule has 3 rings (SSSR count). The molecule has 0 fully saturated rings. The second-order valence-corrected chi connectivity index (χ2v) is 5.38. The number of nitrogens with zero attached hydrogens (tertiary/aromatic N) is 1. The number of halogens is 1. The van der Waals surface area contributed by atoms with Gasteiger partial charge in [-0.1, -0.05) is 23.7 Å². The van der Waals surface area contributed by atoms with E-state index in [0.717, 1.165) is 5.56 Å². The molecule has 2 aromatic carbocycles. The Kier molecular flexibility index (Phi) is 4.48. The molecule has 6 heteroatoms. The highest BCUT2D eigenvalue weighted by Gasteiger charge is 2.13. The molecule has 118 valence electrons. The van der Waals surface area contributed by atoms with Crippen molar-refractivity contribution in [3.63, 3.8) is 0 Å². The Bertz CT molecular complexity index is 774. The molecule has 1 N–H and O–H groups in total. The van der Waals surface area contributed by atoms with Gasteiger partial charge in [0.2, 0.25) is 0 Å². The second kappa shape index (κ2) is 6.71. The highest BCUT2D eigenvalue weighted by atomic mass is 35.5. The van der Waals surface area contributed by atoms with E-state index >= 15 is 0 Å². The van der Waals surface area contributed by atoms with Crippen molar-refractivity contribution in [3.8, 4) is 11.5 Å². The predicted octanol–water partition coefficient (Wildman–Crippen LogP) is 3.27. The summed E-state index contributed by atoms with van der Waals surface area (Å²) < 4.78 is 11.0. The summed E-state index contributed by atoms with van der Waals surface area (Å²) in [6.45, 7) is 2.88. The standard InChI is InChI=1S/C17H15ClN2O3/c1-11(12-6-7-15-16(10-12)23-9-8-22-15)19-20-17(21)13-4-2-3-5-14(13)18/h2-7,10H,8-9H2,1H3,(H,20,21)/b19-11+. The van der Waals surface area contributed by atoms with Crippen LogP contribution >= 0.6 is 11.6 Å². The number of hydrogen-bond donors (Lipinski definition) is 1. The minimum Gasteiger partial charge on any atom is -0.486 e. The number of hydrazone groups is 1. The topological polar surface area (TPSA) is 59.9 Å². The Morgan fingerprint density at radius 1 is 1.13 bits per heavy atom. The molecule has 0 saturated carbocycles. The van der Waals surface area contributed by atoms with Crippen LogP contribution in [-0.2, 0) is 0 Å². The van der Waals surface area contributed by atoms with Crippen molar-refractivity contribution in [2.45, 2.75) is 6.92 Å². The first-order valence-corrected chi connectivity index (χ1v) is 7.52. The molecule has 1 heterocycles. The number of nitrogens with one attached hydrogen (secondary N) is 1. The lowest BCUT2D eigenvalue weighted by Crippen LogP contribution is -2.20. The number of hydrogen-bond acceptors (Lipinski definition) is 4. The fourth-order valence-corrected chi connectivity index (χ4v) is 2.39. The van der Waals surface area contributed by atoms with Crippen molar-refractivity contribution in [1.82, 2.24) is 5.43 Å². The SMILES string of the molecule is C/C(=N\NC(=O)c1ccccc1Cl)c1ccc2c(c1)OCCO2. The molecule has 2 aromatic rings. The van der Waals surface area contributed by atoms with Gasteiger partial charge >= 0.3 is 0 Å². The molecule has 0 aromatic heterocycles. The molecule has 0 atom stereocenters. The maximum atomic E-state index is 12.1. The van der Waals surface area contributed by atoms with Crippen LogP contribution in [0.2, 0.25) is 5.02 Å². The van der Waals surface area contributed by atoms with Gasteiger partial charge in [0.05, 0.1) is 16.3 Å². The van der Waals surface area contributed by atoms with Crippen molar-refractivity contribution in [2.24, 2.45) is 5.10 Å². The lowest BCUT2D eigenvalue weighted by molar-refractivity contribution is 0.0955. The third kappa shape index (κ3) is 3.46. The average Bonchev–Trinajstić information content (AvgIpc) is 2.59.